The fourth-order valence-electron chi connectivity index (χ4n) is 0.906. The summed E-state index contributed by atoms with van der Waals surface area (Å²) in [6.07, 6.45) is 5.66. The third-order valence-corrected chi connectivity index (χ3v) is 4.86. The van der Waals surface area contributed by atoms with E-state index < -0.39 is 10.8 Å². The summed E-state index contributed by atoms with van der Waals surface area (Å²) in [6, 6.07) is 4.14. The lowest BCUT2D eigenvalue weighted by molar-refractivity contribution is 0.691. The van der Waals surface area contributed by atoms with Crippen LogP contribution in [-0.4, -0.2) is 16.7 Å². The Kier molecular flexibility index (Phi) is 4.22. The average Bonchev–Trinajstić information content (AvgIpc) is 2.46. The first kappa shape index (κ1) is 11.0. The maximum absolute atomic E-state index is 11.2. The van der Waals surface area contributed by atoms with Gasteiger partial charge in [0.1, 0.15) is 0 Å². The van der Waals surface area contributed by atoms with Crippen molar-refractivity contribution in [2.24, 2.45) is 0 Å². The Bertz CT molecular complexity index is 338. The first-order chi connectivity index (χ1) is 6.13. The molecular formula is C9H12OS3. The number of thiophene rings is 1. The standard InChI is InChI=1S/C9H12OS3/c1-7-4-5-8(12-7)6-9(11-2)13(3)10/h4-6H,1-3H3. The van der Waals surface area contributed by atoms with E-state index in [1.54, 1.807) is 29.4 Å². The normalized spacial score (nSPS) is 14.5. The molecule has 0 fully saturated rings. The Hall–Kier alpha value is -0.0600. The van der Waals surface area contributed by atoms with Crippen molar-refractivity contribution in [3.05, 3.63) is 26.1 Å². The van der Waals surface area contributed by atoms with E-state index in [-0.39, 0.29) is 0 Å². The van der Waals surface area contributed by atoms with Crippen molar-refractivity contribution in [3.63, 3.8) is 0 Å². The first-order valence-corrected chi connectivity index (χ1v) is 7.39. The highest BCUT2D eigenvalue weighted by Gasteiger charge is 2.01. The summed E-state index contributed by atoms with van der Waals surface area (Å²) in [4.78, 5) is 2.46. The lowest BCUT2D eigenvalue weighted by atomic mass is 10.4. The molecule has 1 rings (SSSR count). The summed E-state index contributed by atoms with van der Waals surface area (Å²) in [5, 5.41) is 0. The largest absolute Gasteiger partial charge is 0.254 e. The van der Waals surface area contributed by atoms with Crippen LogP contribution in [0.4, 0.5) is 0 Å². The summed E-state index contributed by atoms with van der Waals surface area (Å²) in [7, 11) is -0.864. The zero-order chi connectivity index (χ0) is 9.84. The van der Waals surface area contributed by atoms with Gasteiger partial charge >= 0.3 is 0 Å². The second kappa shape index (κ2) is 4.98. The van der Waals surface area contributed by atoms with E-state index in [4.69, 9.17) is 0 Å². The van der Waals surface area contributed by atoms with Crippen LogP contribution in [0, 0.1) is 6.92 Å². The molecule has 0 amide bonds. The van der Waals surface area contributed by atoms with Crippen molar-refractivity contribution < 1.29 is 4.21 Å². The van der Waals surface area contributed by atoms with E-state index in [0.29, 0.717) is 0 Å². The van der Waals surface area contributed by atoms with E-state index in [1.165, 1.54) is 9.75 Å². The van der Waals surface area contributed by atoms with Gasteiger partial charge in [-0.1, -0.05) is 0 Å². The van der Waals surface area contributed by atoms with Gasteiger partial charge in [-0.3, -0.25) is 4.21 Å². The molecular weight excluding hydrogens is 220 g/mol. The molecule has 0 aliphatic carbocycles. The molecule has 0 radical (unpaired) electrons. The van der Waals surface area contributed by atoms with Gasteiger partial charge < -0.3 is 0 Å². The average molecular weight is 232 g/mol. The molecule has 0 N–H and O–H groups in total. The Morgan fingerprint density at radius 2 is 2.31 bits per heavy atom. The molecule has 1 aromatic heterocycles. The van der Waals surface area contributed by atoms with Crippen LogP contribution in [0.15, 0.2) is 16.4 Å². The summed E-state index contributed by atoms with van der Waals surface area (Å²) < 4.78 is 12.1. The molecule has 1 unspecified atom stereocenters. The lowest BCUT2D eigenvalue weighted by Gasteiger charge is -1.96. The third-order valence-electron chi connectivity index (χ3n) is 1.51. The summed E-state index contributed by atoms with van der Waals surface area (Å²) in [5.74, 6) is 0. The number of thioether (sulfide) groups is 1. The van der Waals surface area contributed by atoms with Gasteiger partial charge in [-0.2, -0.15) is 0 Å². The summed E-state index contributed by atoms with van der Waals surface area (Å²) in [6.45, 7) is 2.07. The van der Waals surface area contributed by atoms with Crippen LogP contribution in [-0.2, 0) is 10.8 Å². The molecule has 1 nitrogen and oxygen atoms in total. The zero-order valence-corrected chi connectivity index (χ0v) is 10.3. The SMILES string of the molecule is CSC(=Cc1ccc(C)s1)S(C)=O. The molecule has 1 atom stereocenters. The van der Waals surface area contributed by atoms with Crippen LogP contribution >= 0.6 is 23.1 Å². The van der Waals surface area contributed by atoms with Gasteiger partial charge in [-0.15, -0.1) is 23.1 Å². The second-order valence-electron chi connectivity index (χ2n) is 2.57. The van der Waals surface area contributed by atoms with Crippen LogP contribution in [0.25, 0.3) is 6.08 Å². The Balaban J connectivity index is 2.91. The van der Waals surface area contributed by atoms with Crippen molar-refractivity contribution in [1.29, 1.82) is 0 Å². The minimum atomic E-state index is -0.864. The molecule has 0 saturated carbocycles. The Morgan fingerprint density at radius 1 is 1.62 bits per heavy atom. The fourth-order valence-corrected chi connectivity index (χ4v) is 3.35. The van der Waals surface area contributed by atoms with Crippen LogP contribution in [0.3, 0.4) is 0 Å². The van der Waals surface area contributed by atoms with Crippen molar-refractivity contribution in [1.82, 2.24) is 0 Å². The number of hydrogen-bond acceptors (Lipinski definition) is 3. The van der Waals surface area contributed by atoms with Crippen LogP contribution < -0.4 is 0 Å². The molecule has 0 saturated heterocycles. The fraction of sp³-hybridized carbons (Fsp3) is 0.333. The first-order valence-electron chi connectivity index (χ1n) is 3.79. The molecule has 4 heteroatoms. The molecule has 0 aliphatic rings. The minimum absolute atomic E-state index is 0.864. The van der Waals surface area contributed by atoms with E-state index in [0.717, 1.165) is 4.24 Å². The minimum Gasteiger partial charge on any atom is -0.254 e. The molecule has 13 heavy (non-hydrogen) atoms. The van der Waals surface area contributed by atoms with Crippen LogP contribution in [0.1, 0.15) is 9.75 Å². The predicted octanol–water partition coefficient (Wildman–Crippen LogP) is 3.10. The van der Waals surface area contributed by atoms with Crippen molar-refractivity contribution >= 4 is 40.0 Å². The highest BCUT2D eigenvalue weighted by Crippen LogP contribution is 2.23. The zero-order valence-electron chi connectivity index (χ0n) is 7.87. The Morgan fingerprint density at radius 3 is 2.69 bits per heavy atom. The van der Waals surface area contributed by atoms with Gasteiger partial charge in [0.05, 0.1) is 15.0 Å². The van der Waals surface area contributed by atoms with Crippen LogP contribution in [0.2, 0.25) is 0 Å². The van der Waals surface area contributed by atoms with Gasteiger partial charge in [0.25, 0.3) is 0 Å². The number of hydrogen-bond donors (Lipinski definition) is 0. The van der Waals surface area contributed by atoms with Gasteiger partial charge in [0.15, 0.2) is 0 Å². The molecule has 0 aliphatic heterocycles. The van der Waals surface area contributed by atoms with Crippen LogP contribution in [0.5, 0.6) is 0 Å². The van der Waals surface area contributed by atoms with Crippen molar-refractivity contribution in [2.45, 2.75) is 6.92 Å². The van der Waals surface area contributed by atoms with Gasteiger partial charge in [-0.25, -0.2) is 0 Å². The maximum Gasteiger partial charge on any atom is 0.0724 e. The number of rotatable bonds is 3. The predicted molar refractivity (Wildman–Crippen MR) is 64.6 cm³/mol. The lowest BCUT2D eigenvalue weighted by Crippen LogP contribution is -1.85. The molecule has 1 aromatic rings. The molecule has 1 heterocycles. The van der Waals surface area contributed by atoms with Crippen molar-refractivity contribution in [2.75, 3.05) is 12.5 Å². The monoisotopic (exact) mass is 232 g/mol. The second-order valence-corrected chi connectivity index (χ2v) is 6.34. The molecule has 0 bridgehead atoms. The highest BCUT2D eigenvalue weighted by atomic mass is 32.2. The van der Waals surface area contributed by atoms with E-state index in [1.807, 2.05) is 12.3 Å². The highest BCUT2D eigenvalue weighted by molar-refractivity contribution is 8.16. The number of aryl methyl sites for hydroxylation is 1. The Labute approximate surface area is 89.7 Å². The smallest absolute Gasteiger partial charge is 0.0724 e. The van der Waals surface area contributed by atoms with E-state index in [2.05, 4.69) is 19.1 Å². The topological polar surface area (TPSA) is 17.1 Å². The van der Waals surface area contributed by atoms with Gasteiger partial charge in [0.2, 0.25) is 0 Å². The molecule has 0 aromatic carbocycles. The molecule has 0 spiro atoms. The maximum atomic E-state index is 11.2. The van der Waals surface area contributed by atoms with E-state index in [9.17, 15) is 4.21 Å². The quantitative estimate of drug-likeness (QED) is 0.796. The summed E-state index contributed by atoms with van der Waals surface area (Å²) >= 11 is 3.27. The summed E-state index contributed by atoms with van der Waals surface area (Å²) in [5.41, 5.74) is 0. The van der Waals surface area contributed by atoms with Crippen molar-refractivity contribution in [3.8, 4) is 0 Å². The van der Waals surface area contributed by atoms with Gasteiger partial charge in [0, 0.05) is 16.0 Å². The van der Waals surface area contributed by atoms with Gasteiger partial charge in [-0.05, 0) is 31.4 Å². The molecule has 72 valence electrons. The van der Waals surface area contributed by atoms with E-state index >= 15 is 0 Å². The third kappa shape index (κ3) is 3.29.